The highest BCUT2D eigenvalue weighted by atomic mass is 79.9. The first kappa shape index (κ1) is 14.1. The van der Waals surface area contributed by atoms with Crippen LogP contribution < -0.4 is 0 Å². The summed E-state index contributed by atoms with van der Waals surface area (Å²) in [6, 6.07) is 0. The van der Waals surface area contributed by atoms with Gasteiger partial charge in [0.15, 0.2) is 5.69 Å². The van der Waals surface area contributed by atoms with E-state index in [0.717, 1.165) is 43.0 Å². The Morgan fingerprint density at radius 3 is 2.80 bits per heavy atom. The highest BCUT2D eigenvalue weighted by Gasteiger charge is 2.27. The van der Waals surface area contributed by atoms with Gasteiger partial charge in [-0.1, -0.05) is 0 Å². The third-order valence-electron chi connectivity index (χ3n) is 4.08. The van der Waals surface area contributed by atoms with Crippen LogP contribution in [0.25, 0.3) is 0 Å². The molecule has 2 heterocycles. The topological polar surface area (TPSA) is 41.4 Å². The monoisotopic (exact) mass is 340 g/mol. The predicted molar refractivity (Wildman–Crippen MR) is 80.6 cm³/mol. The lowest BCUT2D eigenvalue weighted by atomic mass is 10.3. The zero-order valence-corrected chi connectivity index (χ0v) is 13.5. The van der Waals surface area contributed by atoms with Crippen molar-refractivity contribution < 1.29 is 4.79 Å². The van der Waals surface area contributed by atoms with Gasteiger partial charge in [-0.2, -0.15) is 5.10 Å². The summed E-state index contributed by atoms with van der Waals surface area (Å²) in [5.74, 6) is 0.966. The number of aryl methyl sites for hydroxylation is 1. The molecule has 1 saturated heterocycles. The summed E-state index contributed by atoms with van der Waals surface area (Å²) < 4.78 is 2.46. The number of nitrogens with zero attached hydrogens (tertiary/aromatic N) is 4. The first-order chi connectivity index (χ1) is 9.63. The van der Waals surface area contributed by atoms with E-state index in [1.54, 1.807) is 4.68 Å². The molecule has 1 saturated carbocycles. The van der Waals surface area contributed by atoms with E-state index in [1.807, 2.05) is 18.1 Å². The van der Waals surface area contributed by atoms with Gasteiger partial charge in [0.1, 0.15) is 0 Å². The Morgan fingerprint density at radius 1 is 1.35 bits per heavy atom. The molecule has 1 aromatic rings. The number of rotatable bonds is 3. The fraction of sp³-hybridized carbons (Fsp3) is 0.714. The number of halogens is 1. The third-order valence-corrected chi connectivity index (χ3v) is 4.66. The second kappa shape index (κ2) is 5.85. The van der Waals surface area contributed by atoms with E-state index in [9.17, 15) is 4.79 Å². The average molecular weight is 341 g/mol. The van der Waals surface area contributed by atoms with Crippen molar-refractivity contribution in [3.05, 3.63) is 16.4 Å². The molecule has 3 rings (SSSR count). The van der Waals surface area contributed by atoms with Crippen LogP contribution in [0.2, 0.25) is 0 Å². The maximum Gasteiger partial charge on any atom is 0.275 e. The van der Waals surface area contributed by atoms with Gasteiger partial charge in [0, 0.05) is 39.4 Å². The minimum absolute atomic E-state index is 0.0470. The maximum atomic E-state index is 12.5. The highest BCUT2D eigenvalue weighted by Crippen LogP contribution is 2.30. The average Bonchev–Trinajstić information content (AvgIpc) is 3.18. The minimum atomic E-state index is 0.0470. The Labute approximate surface area is 128 Å². The molecule has 0 spiro atoms. The lowest BCUT2D eigenvalue weighted by molar-refractivity contribution is 0.0753. The fourth-order valence-corrected chi connectivity index (χ4v) is 3.32. The minimum Gasteiger partial charge on any atom is -0.336 e. The molecule has 1 amide bonds. The van der Waals surface area contributed by atoms with Crippen LogP contribution in [-0.2, 0) is 7.05 Å². The second-order valence-electron chi connectivity index (χ2n) is 5.89. The second-order valence-corrected chi connectivity index (χ2v) is 6.74. The van der Waals surface area contributed by atoms with Crippen molar-refractivity contribution in [2.24, 2.45) is 13.0 Å². The number of hydrogen-bond acceptors (Lipinski definition) is 3. The van der Waals surface area contributed by atoms with Crippen molar-refractivity contribution in [2.75, 3.05) is 32.7 Å². The zero-order valence-electron chi connectivity index (χ0n) is 11.9. The molecule has 1 aliphatic heterocycles. The van der Waals surface area contributed by atoms with Crippen molar-refractivity contribution in [3.63, 3.8) is 0 Å². The van der Waals surface area contributed by atoms with Gasteiger partial charge >= 0.3 is 0 Å². The molecule has 0 radical (unpaired) electrons. The van der Waals surface area contributed by atoms with Crippen LogP contribution in [0.5, 0.6) is 0 Å². The van der Waals surface area contributed by atoms with Crippen LogP contribution in [0.15, 0.2) is 10.7 Å². The molecule has 20 heavy (non-hydrogen) atoms. The Balaban J connectivity index is 1.62. The Bertz CT molecular complexity index is 497. The van der Waals surface area contributed by atoms with Gasteiger partial charge in [-0.3, -0.25) is 9.48 Å². The standard InChI is InChI=1S/C14H21BrN4O/c1-17-10-12(15)13(16-17)14(20)19-6-2-5-18(7-8-19)9-11-3-4-11/h10-11H,2-9H2,1H3. The lowest BCUT2D eigenvalue weighted by Crippen LogP contribution is -2.36. The van der Waals surface area contributed by atoms with Crippen LogP contribution in [0.4, 0.5) is 0 Å². The van der Waals surface area contributed by atoms with E-state index < -0.39 is 0 Å². The summed E-state index contributed by atoms with van der Waals surface area (Å²) in [7, 11) is 1.83. The van der Waals surface area contributed by atoms with Crippen LogP contribution in [0.1, 0.15) is 29.8 Å². The smallest absolute Gasteiger partial charge is 0.275 e. The SMILES string of the molecule is Cn1cc(Br)c(C(=O)N2CCCN(CC3CC3)CC2)n1. The van der Waals surface area contributed by atoms with Crippen molar-refractivity contribution in [1.82, 2.24) is 19.6 Å². The predicted octanol–water partition coefficient (Wildman–Crippen LogP) is 1.74. The summed E-state index contributed by atoms with van der Waals surface area (Å²) >= 11 is 3.42. The van der Waals surface area contributed by atoms with Crippen molar-refractivity contribution in [3.8, 4) is 0 Å². The van der Waals surface area contributed by atoms with Gasteiger partial charge in [-0.15, -0.1) is 0 Å². The van der Waals surface area contributed by atoms with E-state index in [1.165, 1.54) is 19.4 Å². The van der Waals surface area contributed by atoms with E-state index in [-0.39, 0.29) is 5.91 Å². The summed E-state index contributed by atoms with van der Waals surface area (Å²) in [5.41, 5.74) is 0.531. The number of hydrogen-bond donors (Lipinski definition) is 0. The molecular weight excluding hydrogens is 320 g/mol. The van der Waals surface area contributed by atoms with Crippen LogP contribution in [-0.4, -0.2) is 58.2 Å². The number of amides is 1. The normalized spacial score (nSPS) is 21.0. The molecule has 2 fully saturated rings. The largest absolute Gasteiger partial charge is 0.336 e. The Hall–Kier alpha value is -0.880. The summed E-state index contributed by atoms with van der Waals surface area (Å²) in [4.78, 5) is 17.0. The van der Waals surface area contributed by atoms with E-state index in [0.29, 0.717) is 5.69 Å². The molecule has 1 aliphatic carbocycles. The molecule has 0 N–H and O–H groups in total. The molecule has 6 heteroatoms. The molecule has 5 nitrogen and oxygen atoms in total. The number of carbonyl (C=O) groups is 1. The Kier molecular flexibility index (Phi) is 4.12. The summed E-state index contributed by atoms with van der Waals surface area (Å²) in [5, 5.41) is 4.26. The molecule has 0 bridgehead atoms. The summed E-state index contributed by atoms with van der Waals surface area (Å²) in [6.07, 6.45) is 5.66. The highest BCUT2D eigenvalue weighted by molar-refractivity contribution is 9.10. The Morgan fingerprint density at radius 2 is 2.15 bits per heavy atom. The van der Waals surface area contributed by atoms with Crippen LogP contribution in [0.3, 0.4) is 0 Å². The number of carbonyl (C=O) groups excluding carboxylic acids is 1. The molecular formula is C14H21BrN4O. The zero-order chi connectivity index (χ0) is 14.1. The molecule has 2 aliphatic rings. The van der Waals surface area contributed by atoms with Gasteiger partial charge in [0.25, 0.3) is 5.91 Å². The van der Waals surface area contributed by atoms with Gasteiger partial charge in [0.05, 0.1) is 4.47 Å². The number of aromatic nitrogens is 2. The molecule has 0 aromatic carbocycles. The van der Waals surface area contributed by atoms with Gasteiger partial charge < -0.3 is 9.80 Å². The van der Waals surface area contributed by atoms with Gasteiger partial charge in [-0.05, 0) is 47.7 Å². The molecule has 110 valence electrons. The van der Waals surface area contributed by atoms with Crippen molar-refractivity contribution in [2.45, 2.75) is 19.3 Å². The first-order valence-corrected chi connectivity index (χ1v) is 8.13. The lowest BCUT2D eigenvalue weighted by Gasteiger charge is -2.21. The maximum absolute atomic E-state index is 12.5. The van der Waals surface area contributed by atoms with Crippen LogP contribution in [0, 0.1) is 5.92 Å². The summed E-state index contributed by atoms with van der Waals surface area (Å²) in [6.45, 7) is 4.98. The van der Waals surface area contributed by atoms with Crippen molar-refractivity contribution >= 4 is 21.8 Å². The van der Waals surface area contributed by atoms with Gasteiger partial charge in [-0.25, -0.2) is 0 Å². The van der Waals surface area contributed by atoms with Crippen LogP contribution >= 0.6 is 15.9 Å². The van der Waals surface area contributed by atoms with Gasteiger partial charge in [0.2, 0.25) is 0 Å². The van der Waals surface area contributed by atoms with E-state index in [2.05, 4.69) is 25.9 Å². The van der Waals surface area contributed by atoms with E-state index in [4.69, 9.17) is 0 Å². The molecule has 0 unspecified atom stereocenters. The quantitative estimate of drug-likeness (QED) is 0.841. The van der Waals surface area contributed by atoms with Crippen molar-refractivity contribution in [1.29, 1.82) is 0 Å². The first-order valence-electron chi connectivity index (χ1n) is 7.34. The fourth-order valence-electron chi connectivity index (χ4n) is 2.78. The van der Waals surface area contributed by atoms with E-state index >= 15 is 0 Å². The molecule has 1 aromatic heterocycles. The third kappa shape index (κ3) is 3.23. The molecule has 0 atom stereocenters.